The molecule has 0 saturated carbocycles. The van der Waals surface area contributed by atoms with Crippen molar-refractivity contribution >= 4 is 44.1 Å². The van der Waals surface area contributed by atoms with E-state index < -0.39 is 16.0 Å². The Morgan fingerprint density at radius 2 is 1.96 bits per heavy atom. The third-order valence-electron chi connectivity index (χ3n) is 3.13. The van der Waals surface area contributed by atoms with E-state index in [0.29, 0.717) is 10.9 Å². The summed E-state index contributed by atoms with van der Waals surface area (Å²) in [4.78, 5) is 20.0. The molecule has 3 aromatic rings. The van der Waals surface area contributed by atoms with Crippen molar-refractivity contribution in [1.29, 1.82) is 0 Å². The van der Waals surface area contributed by atoms with Gasteiger partial charge in [0.15, 0.2) is 12.4 Å². The van der Waals surface area contributed by atoms with Gasteiger partial charge in [0, 0.05) is 5.39 Å². The highest BCUT2D eigenvalue weighted by molar-refractivity contribution is 7.89. The van der Waals surface area contributed by atoms with Crippen molar-refractivity contribution in [2.24, 2.45) is 5.14 Å². The maximum Gasteiger partial charge on any atom is 0.350 e. The van der Waals surface area contributed by atoms with Gasteiger partial charge in [0.1, 0.15) is 15.6 Å². The molecule has 0 spiro atoms. The number of ether oxygens (including phenoxy) is 1. The minimum Gasteiger partial charge on any atom is -0.453 e. The maximum absolute atomic E-state index is 12.1. The predicted octanol–water partition coefficient (Wildman–Crippen LogP) is 1.28. The molecule has 0 aliphatic carbocycles. The summed E-state index contributed by atoms with van der Waals surface area (Å²) in [6.07, 6.45) is 0. The number of anilines is 1. The Labute approximate surface area is 141 Å². The van der Waals surface area contributed by atoms with Gasteiger partial charge >= 0.3 is 5.97 Å². The van der Waals surface area contributed by atoms with E-state index in [1.54, 1.807) is 18.2 Å². The van der Waals surface area contributed by atoms with E-state index in [-0.39, 0.29) is 28.0 Å². The number of carbonyl (C=O) groups is 1. The summed E-state index contributed by atoms with van der Waals surface area (Å²) in [7, 11) is -4.00. The molecule has 0 radical (unpaired) electrons. The number of rotatable bonds is 4. The number of benzene rings is 1. The molecule has 0 unspecified atom stereocenters. The normalized spacial score (nSPS) is 11.5. The first-order chi connectivity index (χ1) is 11.4. The van der Waals surface area contributed by atoms with Crippen molar-refractivity contribution < 1.29 is 17.9 Å². The van der Waals surface area contributed by atoms with Gasteiger partial charge in [0.2, 0.25) is 10.0 Å². The molecule has 8 nitrogen and oxygen atoms in total. The van der Waals surface area contributed by atoms with E-state index in [2.05, 4.69) is 9.97 Å². The van der Waals surface area contributed by atoms with Gasteiger partial charge in [-0.05, 0) is 23.6 Å². The number of para-hydroxylation sites is 1. The van der Waals surface area contributed by atoms with Crippen molar-refractivity contribution in [3.8, 4) is 0 Å². The van der Waals surface area contributed by atoms with Crippen molar-refractivity contribution in [3.63, 3.8) is 0 Å². The second-order valence-corrected chi connectivity index (χ2v) is 7.22. The zero-order valence-electron chi connectivity index (χ0n) is 12.2. The topological polar surface area (TPSA) is 138 Å². The quantitative estimate of drug-likeness (QED) is 0.665. The molecule has 3 rings (SSSR count). The number of hydrogen-bond donors (Lipinski definition) is 2. The number of carbonyl (C=O) groups excluding carboxylic acids is 1. The average molecular weight is 364 g/mol. The van der Waals surface area contributed by atoms with Crippen LogP contribution in [0, 0.1) is 0 Å². The van der Waals surface area contributed by atoms with Crippen LogP contribution in [0.3, 0.4) is 0 Å². The van der Waals surface area contributed by atoms with E-state index in [0.717, 1.165) is 11.3 Å². The highest BCUT2D eigenvalue weighted by Gasteiger charge is 2.22. The lowest BCUT2D eigenvalue weighted by Crippen LogP contribution is -2.16. The van der Waals surface area contributed by atoms with E-state index in [4.69, 9.17) is 15.6 Å². The molecule has 0 bridgehead atoms. The molecule has 0 aliphatic heterocycles. The van der Waals surface area contributed by atoms with Crippen molar-refractivity contribution in [1.82, 2.24) is 9.97 Å². The Morgan fingerprint density at radius 1 is 1.21 bits per heavy atom. The zero-order valence-corrected chi connectivity index (χ0v) is 13.8. The second-order valence-electron chi connectivity index (χ2n) is 4.78. The van der Waals surface area contributed by atoms with E-state index in [1.807, 2.05) is 6.07 Å². The largest absolute Gasteiger partial charge is 0.453 e. The number of nitrogen functional groups attached to an aromatic ring is 1. The molecule has 2 heterocycles. The zero-order chi connectivity index (χ0) is 17.3. The van der Waals surface area contributed by atoms with Crippen LogP contribution in [0.4, 0.5) is 5.82 Å². The number of nitrogens with zero attached hydrogens (tertiary/aromatic N) is 2. The van der Waals surface area contributed by atoms with Gasteiger partial charge in [-0.2, -0.15) is 0 Å². The summed E-state index contributed by atoms with van der Waals surface area (Å²) in [6, 6.07) is 8.41. The Bertz CT molecular complexity index is 1030. The Balaban J connectivity index is 1.81. The minimum absolute atomic E-state index is 0.0914. The van der Waals surface area contributed by atoms with Gasteiger partial charge in [-0.3, -0.25) is 0 Å². The summed E-state index contributed by atoms with van der Waals surface area (Å²) >= 11 is 0.926. The SMILES string of the molecule is Nc1nc(COC(=O)c2sccc2S(N)(=O)=O)nc2ccccc12. The lowest BCUT2D eigenvalue weighted by Gasteiger charge is -2.06. The number of aromatic nitrogens is 2. The van der Waals surface area contributed by atoms with Crippen LogP contribution in [0.15, 0.2) is 40.6 Å². The van der Waals surface area contributed by atoms with Crippen LogP contribution >= 0.6 is 11.3 Å². The Kier molecular flexibility index (Phi) is 4.18. The molecule has 10 heteroatoms. The number of primary sulfonamides is 1. The molecule has 2 aromatic heterocycles. The first kappa shape index (κ1) is 16.3. The summed E-state index contributed by atoms with van der Waals surface area (Å²) in [5.41, 5.74) is 6.48. The van der Waals surface area contributed by atoms with Gasteiger partial charge < -0.3 is 10.5 Å². The van der Waals surface area contributed by atoms with Crippen LogP contribution < -0.4 is 10.9 Å². The van der Waals surface area contributed by atoms with Crippen molar-refractivity contribution in [2.45, 2.75) is 11.5 Å². The smallest absolute Gasteiger partial charge is 0.350 e. The molecule has 1 aromatic carbocycles. The molecular weight excluding hydrogens is 352 g/mol. The van der Waals surface area contributed by atoms with Gasteiger partial charge in [-0.15, -0.1) is 11.3 Å². The molecule has 0 amide bonds. The molecular formula is C14H12N4O4S2. The van der Waals surface area contributed by atoms with Crippen molar-refractivity contribution in [2.75, 3.05) is 5.73 Å². The molecule has 0 saturated heterocycles. The van der Waals surface area contributed by atoms with Crippen LogP contribution in [-0.4, -0.2) is 24.4 Å². The maximum atomic E-state index is 12.1. The van der Waals surface area contributed by atoms with Crippen LogP contribution in [0.2, 0.25) is 0 Å². The first-order valence-corrected chi connectivity index (χ1v) is 9.07. The highest BCUT2D eigenvalue weighted by atomic mass is 32.2. The fourth-order valence-electron chi connectivity index (χ4n) is 2.08. The number of nitrogens with two attached hydrogens (primary N) is 2. The van der Waals surface area contributed by atoms with Gasteiger partial charge in [0.25, 0.3) is 0 Å². The van der Waals surface area contributed by atoms with E-state index in [9.17, 15) is 13.2 Å². The third-order valence-corrected chi connectivity index (χ3v) is 5.11. The van der Waals surface area contributed by atoms with Crippen LogP contribution in [0.5, 0.6) is 0 Å². The molecule has 4 N–H and O–H groups in total. The number of sulfonamides is 1. The number of esters is 1. The Morgan fingerprint density at radius 3 is 2.71 bits per heavy atom. The van der Waals surface area contributed by atoms with E-state index in [1.165, 1.54) is 11.4 Å². The van der Waals surface area contributed by atoms with Gasteiger partial charge in [0.05, 0.1) is 5.52 Å². The summed E-state index contributed by atoms with van der Waals surface area (Å²) in [5.74, 6) is -0.328. The summed E-state index contributed by atoms with van der Waals surface area (Å²) < 4.78 is 27.9. The monoisotopic (exact) mass is 364 g/mol. The van der Waals surface area contributed by atoms with Crippen LogP contribution in [0.25, 0.3) is 10.9 Å². The van der Waals surface area contributed by atoms with Crippen molar-refractivity contribution in [3.05, 3.63) is 46.4 Å². The average Bonchev–Trinajstić information content (AvgIpc) is 3.03. The molecule has 0 fully saturated rings. The molecule has 24 heavy (non-hydrogen) atoms. The fourth-order valence-corrected chi connectivity index (χ4v) is 3.94. The number of fused-ring (bicyclic) bond motifs is 1. The standard InChI is InChI=1S/C14H12N4O4S2/c15-13-8-3-1-2-4-9(8)17-11(18-13)7-22-14(19)12-10(5-6-23-12)24(16,20)21/h1-6H,7H2,(H2,15,17,18)(H2,16,20,21). The molecule has 0 aliphatic rings. The molecule has 0 atom stereocenters. The lowest BCUT2D eigenvalue weighted by molar-refractivity contribution is 0.0464. The summed E-state index contributed by atoms with van der Waals surface area (Å²) in [6.45, 7) is -0.240. The third kappa shape index (κ3) is 3.20. The first-order valence-electron chi connectivity index (χ1n) is 6.65. The van der Waals surface area contributed by atoms with E-state index >= 15 is 0 Å². The van der Waals surface area contributed by atoms with Gasteiger partial charge in [-0.25, -0.2) is 28.3 Å². The highest BCUT2D eigenvalue weighted by Crippen LogP contribution is 2.22. The number of hydrogen-bond acceptors (Lipinski definition) is 8. The Hall–Kier alpha value is -2.56. The van der Waals surface area contributed by atoms with Crippen LogP contribution in [0.1, 0.15) is 15.5 Å². The van der Waals surface area contributed by atoms with Crippen LogP contribution in [-0.2, 0) is 21.4 Å². The predicted molar refractivity (Wildman–Crippen MR) is 88.8 cm³/mol. The lowest BCUT2D eigenvalue weighted by atomic mass is 10.2. The summed E-state index contributed by atoms with van der Waals surface area (Å²) in [5, 5.41) is 7.20. The minimum atomic E-state index is -4.00. The fraction of sp³-hybridized carbons (Fsp3) is 0.0714. The molecule has 124 valence electrons. The second kappa shape index (κ2) is 6.15. The van der Waals surface area contributed by atoms with Gasteiger partial charge in [-0.1, -0.05) is 12.1 Å². The number of thiophene rings is 1.